The molecular weight excluding hydrogens is 610 g/mol. The lowest BCUT2D eigenvalue weighted by atomic mass is 10.1. The number of carbonyl (C=O) groups excluding carboxylic acids is 2. The van der Waals surface area contributed by atoms with Crippen LogP contribution in [-0.2, 0) is 16.0 Å². The molecule has 1 aliphatic rings. The third-order valence-electron chi connectivity index (χ3n) is 7.26. The first kappa shape index (κ1) is 30.0. The molecular formula is C34H34BrN3O5. The van der Waals surface area contributed by atoms with Crippen molar-refractivity contribution in [3.8, 4) is 17.2 Å². The van der Waals surface area contributed by atoms with Crippen LogP contribution in [0.3, 0.4) is 0 Å². The van der Waals surface area contributed by atoms with Crippen LogP contribution in [-0.4, -0.2) is 39.2 Å². The van der Waals surface area contributed by atoms with Crippen molar-refractivity contribution < 1.29 is 23.8 Å². The van der Waals surface area contributed by atoms with E-state index in [9.17, 15) is 9.59 Å². The van der Waals surface area contributed by atoms with Crippen LogP contribution in [0.5, 0.6) is 17.2 Å². The number of nitrogens with one attached hydrogen (secondary N) is 1. The number of methoxy groups -OCH3 is 2. The lowest BCUT2D eigenvalue weighted by Gasteiger charge is -2.34. The number of rotatable bonds is 10. The minimum Gasteiger partial charge on any atom is -0.496 e. The summed E-state index contributed by atoms with van der Waals surface area (Å²) in [6, 6.07) is 28.3. The molecule has 0 spiro atoms. The molecule has 4 aromatic carbocycles. The maximum atomic E-state index is 14.2. The summed E-state index contributed by atoms with van der Waals surface area (Å²) in [4.78, 5) is 28.8. The van der Waals surface area contributed by atoms with Gasteiger partial charge in [-0.15, -0.1) is 0 Å². The van der Waals surface area contributed by atoms with Gasteiger partial charge in [-0.2, -0.15) is 0 Å². The molecule has 0 aromatic heterocycles. The number of hydrogen-bond donors (Lipinski definition) is 1. The highest BCUT2D eigenvalue weighted by atomic mass is 79.9. The molecule has 4 aromatic rings. The summed E-state index contributed by atoms with van der Waals surface area (Å²) in [5, 5.41) is 1.60. The van der Waals surface area contributed by atoms with E-state index in [1.165, 1.54) is 20.6 Å². The lowest BCUT2D eigenvalue weighted by Crippen LogP contribution is -2.39. The fraction of sp³-hybridized carbons (Fsp3) is 0.235. The third-order valence-corrected chi connectivity index (χ3v) is 8.00. The molecule has 0 aliphatic carbocycles. The Labute approximate surface area is 260 Å². The van der Waals surface area contributed by atoms with Crippen molar-refractivity contribution in [1.29, 1.82) is 0 Å². The van der Waals surface area contributed by atoms with Gasteiger partial charge in [-0.25, -0.2) is 9.80 Å². The first-order valence-electron chi connectivity index (χ1n) is 14.2. The maximum Gasteiger partial charge on any atom is 0.341 e. The van der Waals surface area contributed by atoms with E-state index in [1.807, 2.05) is 72.8 Å². The Kier molecular flexibility index (Phi) is 9.84. The smallest absolute Gasteiger partial charge is 0.341 e. The monoisotopic (exact) mass is 643 g/mol. The number of halogens is 1. The molecule has 1 N–H and O–H groups in total. The molecule has 9 heteroatoms. The van der Waals surface area contributed by atoms with Crippen LogP contribution in [0.1, 0.15) is 35.2 Å². The molecule has 8 nitrogen and oxygen atoms in total. The molecule has 43 heavy (non-hydrogen) atoms. The minimum atomic E-state index is -0.520. The number of para-hydroxylation sites is 3. The van der Waals surface area contributed by atoms with Crippen molar-refractivity contribution in [2.45, 2.75) is 25.7 Å². The van der Waals surface area contributed by atoms with Gasteiger partial charge in [-0.05, 0) is 85.5 Å². The molecule has 1 fully saturated rings. The molecule has 222 valence electrons. The Morgan fingerprint density at radius 2 is 1.53 bits per heavy atom. The van der Waals surface area contributed by atoms with E-state index in [-0.39, 0.29) is 17.9 Å². The highest BCUT2D eigenvalue weighted by molar-refractivity contribution is 9.10. The molecule has 0 atom stereocenters. The Balaban J connectivity index is 1.46. The van der Waals surface area contributed by atoms with Crippen LogP contribution in [0.2, 0.25) is 0 Å². The highest BCUT2D eigenvalue weighted by Crippen LogP contribution is 2.34. The number of amides is 1. The van der Waals surface area contributed by atoms with Gasteiger partial charge in [0.1, 0.15) is 22.8 Å². The SMILES string of the molecule is COC(=O)c1cc(Br)c(CC(=O)N(Nc2ccc(Oc3ccccc3)cc2)c2ccccc2N2CCCCC2)cc1OC. The lowest BCUT2D eigenvalue weighted by molar-refractivity contribution is -0.117. The van der Waals surface area contributed by atoms with Crippen molar-refractivity contribution >= 4 is 44.9 Å². The number of nitrogens with zero attached hydrogens (tertiary/aromatic N) is 2. The second-order valence-corrected chi connectivity index (χ2v) is 11.0. The van der Waals surface area contributed by atoms with Gasteiger partial charge in [0, 0.05) is 17.6 Å². The summed E-state index contributed by atoms with van der Waals surface area (Å²) in [5.41, 5.74) is 6.77. The van der Waals surface area contributed by atoms with Crippen molar-refractivity contribution in [1.82, 2.24) is 0 Å². The number of hydrazine groups is 1. The van der Waals surface area contributed by atoms with E-state index < -0.39 is 5.97 Å². The zero-order valence-corrected chi connectivity index (χ0v) is 25.8. The average Bonchev–Trinajstić information content (AvgIpc) is 3.05. The molecule has 0 unspecified atom stereocenters. The summed E-state index contributed by atoms with van der Waals surface area (Å²) >= 11 is 3.54. The summed E-state index contributed by atoms with van der Waals surface area (Å²) < 4.78 is 16.9. The molecule has 1 heterocycles. The number of benzene rings is 4. The van der Waals surface area contributed by atoms with Crippen LogP contribution in [0.4, 0.5) is 17.1 Å². The van der Waals surface area contributed by atoms with Gasteiger partial charge in [0.25, 0.3) is 0 Å². The van der Waals surface area contributed by atoms with E-state index >= 15 is 0 Å². The van der Waals surface area contributed by atoms with E-state index in [2.05, 4.69) is 32.3 Å². The first-order chi connectivity index (χ1) is 21.0. The highest BCUT2D eigenvalue weighted by Gasteiger charge is 2.25. The molecule has 0 saturated carbocycles. The number of hydrogen-bond acceptors (Lipinski definition) is 7. The number of anilines is 3. The summed E-state index contributed by atoms with van der Waals surface area (Å²) in [6.45, 7) is 1.87. The Bertz CT molecular complexity index is 1560. The summed E-state index contributed by atoms with van der Waals surface area (Å²) in [5.74, 6) is 1.05. The van der Waals surface area contributed by atoms with Gasteiger partial charge in [-0.3, -0.25) is 10.2 Å². The number of carbonyl (C=O) groups is 2. The van der Waals surface area contributed by atoms with Gasteiger partial charge in [0.05, 0.1) is 37.7 Å². The standard InChI is InChI=1S/C34H34BrN3O5/c1-41-32-21-24(29(35)23-28(32)34(40)42-2)22-33(39)38(31-14-8-7-13-30(31)37-19-9-4-10-20-37)36-25-15-17-27(18-16-25)43-26-11-5-3-6-12-26/h3,5-8,11-18,21,23,36H,4,9-10,19-20,22H2,1-2H3. The minimum absolute atomic E-state index is 0.0366. The average molecular weight is 645 g/mol. The summed E-state index contributed by atoms with van der Waals surface area (Å²) in [6.07, 6.45) is 3.46. The molecule has 1 amide bonds. The van der Waals surface area contributed by atoms with Crippen LogP contribution >= 0.6 is 15.9 Å². The Morgan fingerprint density at radius 3 is 2.23 bits per heavy atom. The van der Waals surface area contributed by atoms with E-state index in [4.69, 9.17) is 14.2 Å². The zero-order valence-electron chi connectivity index (χ0n) is 24.2. The summed E-state index contributed by atoms with van der Waals surface area (Å²) in [7, 11) is 2.80. The third kappa shape index (κ3) is 7.29. The van der Waals surface area contributed by atoms with Crippen LogP contribution in [0.15, 0.2) is 95.5 Å². The van der Waals surface area contributed by atoms with Gasteiger partial charge < -0.3 is 19.1 Å². The number of esters is 1. The molecule has 1 aliphatic heterocycles. The van der Waals surface area contributed by atoms with Gasteiger partial charge in [-0.1, -0.05) is 46.3 Å². The number of piperidine rings is 1. The predicted molar refractivity (Wildman–Crippen MR) is 172 cm³/mol. The Morgan fingerprint density at radius 1 is 0.860 bits per heavy atom. The fourth-order valence-electron chi connectivity index (χ4n) is 5.07. The normalized spacial score (nSPS) is 12.8. The van der Waals surface area contributed by atoms with E-state index in [1.54, 1.807) is 17.1 Å². The largest absolute Gasteiger partial charge is 0.496 e. The molecule has 0 radical (unpaired) electrons. The predicted octanol–water partition coefficient (Wildman–Crippen LogP) is 7.63. The molecule has 1 saturated heterocycles. The van der Waals surface area contributed by atoms with E-state index in [0.29, 0.717) is 21.5 Å². The molecule has 0 bridgehead atoms. The zero-order chi connectivity index (χ0) is 30.2. The fourth-order valence-corrected chi connectivity index (χ4v) is 5.56. The van der Waals surface area contributed by atoms with Crippen LogP contribution in [0.25, 0.3) is 0 Å². The number of ether oxygens (including phenoxy) is 3. The van der Waals surface area contributed by atoms with Gasteiger partial charge in [0.2, 0.25) is 5.91 Å². The van der Waals surface area contributed by atoms with Gasteiger partial charge >= 0.3 is 5.97 Å². The molecule has 5 rings (SSSR count). The van der Waals surface area contributed by atoms with Gasteiger partial charge in [0.15, 0.2) is 0 Å². The first-order valence-corrected chi connectivity index (χ1v) is 15.0. The van der Waals surface area contributed by atoms with Crippen molar-refractivity contribution in [2.24, 2.45) is 0 Å². The second kappa shape index (κ2) is 14.1. The van der Waals surface area contributed by atoms with Crippen LogP contribution < -0.4 is 24.8 Å². The van der Waals surface area contributed by atoms with Crippen molar-refractivity contribution in [2.75, 3.05) is 42.6 Å². The quantitative estimate of drug-likeness (QED) is 0.141. The van der Waals surface area contributed by atoms with Crippen LogP contribution in [0, 0.1) is 0 Å². The Hall–Kier alpha value is -4.50. The van der Waals surface area contributed by atoms with Crippen molar-refractivity contribution in [3.63, 3.8) is 0 Å². The van der Waals surface area contributed by atoms with E-state index in [0.717, 1.165) is 48.7 Å². The maximum absolute atomic E-state index is 14.2. The van der Waals surface area contributed by atoms with Crippen molar-refractivity contribution in [3.05, 3.63) is 107 Å². The topological polar surface area (TPSA) is 80.3 Å². The second-order valence-electron chi connectivity index (χ2n) is 10.1.